The highest BCUT2D eigenvalue weighted by Crippen LogP contribution is 2.27. The van der Waals surface area contributed by atoms with Gasteiger partial charge in [0.2, 0.25) is 0 Å². The number of guanidine groups is 1. The molecule has 1 atom stereocenters. The minimum atomic E-state index is -0.304. The summed E-state index contributed by atoms with van der Waals surface area (Å²) in [5.41, 5.74) is 5.90. The van der Waals surface area contributed by atoms with Crippen molar-refractivity contribution in [3.05, 3.63) is 0 Å². The standard InChI is InChI=1S/C13H25N3O/c1-16(11-7-8-11)13(14)15-9-12(17)10-5-3-2-4-6-10/h10-12,17H,2-9H2,1H3,(H2,14,15). The third kappa shape index (κ3) is 3.60. The predicted octanol–water partition coefficient (Wildman–Crippen LogP) is 1.34. The topological polar surface area (TPSA) is 61.8 Å². The number of hydrogen-bond donors (Lipinski definition) is 2. The van der Waals surface area contributed by atoms with Gasteiger partial charge >= 0.3 is 0 Å². The van der Waals surface area contributed by atoms with Crippen LogP contribution in [0.4, 0.5) is 0 Å². The molecule has 1 unspecified atom stereocenters. The summed E-state index contributed by atoms with van der Waals surface area (Å²) in [5, 5.41) is 10.1. The summed E-state index contributed by atoms with van der Waals surface area (Å²) < 4.78 is 0. The lowest BCUT2D eigenvalue weighted by molar-refractivity contribution is 0.0922. The minimum absolute atomic E-state index is 0.304. The van der Waals surface area contributed by atoms with Gasteiger partial charge in [0.05, 0.1) is 12.6 Å². The zero-order valence-corrected chi connectivity index (χ0v) is 10.8. The Labute approximate surface area is 104 Å². The third-order valence-corrected chi connectivity index (χ3v) is 4.09. The van der Waals surface area contributed by atoms with Crippen LogP contribution in [0.1, 0.15) is 44.9 Å². The molecule has 0 saturated heterocycles. The van der Waals surface area contributed by atoms with Crippen molar-refractivity contribution in [3.8, 4) is 0 Å². The predicted molar refractivity (Wildman–Crippen MR) is 69.9 cm³/mol. The van der Waals surface area contributed by atoms with Crippen LogP contribution >= 0.6 is 0 Å². The second-order valence-corrected chi connectivity index (χ2v) is 5.51. The van der Waals surface area contributed by atoms with Crippen LogP contribution < -0.4 is 5.73 Å². The van der Waals surface area contributed by atoms with Crippen molar-refractivity contribution >= 4 is 5.96 Å². The van der Waals surface area contributed by atoms with Crippen molar-refractivity contribution in [1.29, 1.82) is 0 Å². The van der Waals surface area contributed by atoms with Crippen molar-refractivity contribution in [3.63, 3.8) is 0 Å². The molecule has 4 heteroatoms. The molecule has 3 N–H and O–H groups in total. The van der Waals surface area contributed by atoms with E-state index in [2.05, 4.69) is 4.99 Å². The lowest BCUT2D eigenvalue weighted by atomic mass is 9.85. The maximum atomic E-state index is 10.1. The van der Waals surface area contributed by atoms with Gasteiger partial charge in [-0.25, -0.2) is 0 Å². The smallest absolute Gasteiger partial charge is 0.191 e. The summed E-state index contributed by atoms with van der Waals surface area (Å²) in [6.45, 7) is 0.466. The van der Waals surface area contributed by atoms with E-state index in [0.717, 1.165) is 12.8 Å². The number of rotatable bonds is 4. The van der Waals surface area contributed by atoms with Crippen LogP contribution in [0.3, 0.4) is 0 Å². The molecule has 0 aromatic heterocycles. The molecule has 17 heavy (non-hydrogen) atoms. The van der Waals surface area contributed by atoms with Gasteiger partial charge in [-0.05, 0) is 31.6 Å². The van der Waals surface area contributed by atoms with Gasteiger partial charge in [0.25, 0.3) is 0 Å². The molecule has 0 bridgehead atoms. The Morgan fingerprint density at radius 2 is 1.94 bits per heavy atom. The summed E-state index contributed by atoms with van der Waals surface area (Å²) >= 11 is 0. The molecule has 0 aromatic carbocycles. The third-order valence-electron chi connectivity index (χ3n) is 4.09. The van der Waals surface area contributed by atoms with Crippen LogP contribution in [-0.2, 0) is 0 Å². The SMILES string of the molecule is CN(C(N)=NCC(O)C1CCCCC1)C1CC1. The number of hydrogen-bond acceptors (Lipinski definition) is 2. The van der Waals surface area contributed by atoms with Gasteiger partial charge in [0.15, 0.2) is 5.96 Å². The largest absolute Gasteiger partial charge is 0.391 e. The first-order valence-electron chi connectivity index (χ1n) is 6.89. The normalized spacial score (nSPS) is 24.7. The zero-order valence-electron chi connectivity index (χ0n) is 10.8. The summed E-state index contributed by atoms with van der Waals surface area (Å²) in [4.78, 5) is 6.37. The molecule has 2 aliphatic rings. The Bertz CT molecular complexity index is 270. The quantitative estimate of drug-likeness (QED) is 0.575. The average Bonchev–Trinajstić information content (AvgIpc) is 3.20. The lowest BCUT2D eigenvalue weighted by Crippen LogP contribution is -2.37. The Kier molecular flexibility index (Phi) is 4.26. The Hall–Kier alpha value is -0.770. The monoisotopic (exact) mass is 239 g/mol. The van der Waals surface area contributed by atoms with E-state index in [-0.39, 0.29) is 6.10 Å². The highest BCUT2D eigenvalue weighted by atomic mass is 16.3. The molecule has 2 rings (SSSR count). The first-order valence-corrected chi connectivity index (χ1v) is 6.89. The number of aliphatic hydroxyl groups excluding tert-OH is 1. The molecule has 2 saturated carbocycles. The van der Waals surface area contributed by atoms with Crippen LogP contribution in [0.5, 0.6) is 0 Å². The number of aliphatic imine (C=N–C) groups is 1. The average molecular weight is 239 g/mol. The summed E-state index contributed by atoms with van der Waals surface area (Å²) in [6, 6.07) is 0.588. The van der Waals surface area contributed by atoms with E-state index in [0.29, 0.717) is 24.5 Å². The number of nitrogens with zero attached hydrogens (tertiary/aromatic N) is 2. The molecule has 0 heterocycles. The lowest BCUT2D eigenvalue weighted by Gasteiger charge is -2.26. The van der Waals surface area contributed by atoms with Crippen LogP contribution in [-0.4, -0.2) is 41.7 Å². The summed E-state index contributed by atoms with van der Waals surface area (Å²) in [7, 11) is 1.99. The van der Waals surface area contributed by atoms with Gasteiger partial charge in [-0.15, -0.1) is 0 Å². The van der Waals surface area contributed by atoms with E-state index in [4.69, 9.17) is 5.73 Å². The van der Waals surface area contributed by atoms with Crippen molar-refractivity contribution in [2.75, 3.05) is 13.6 Å². The van der Waals surface area contributed by atoms with Crippen LogP contribution in [0.25, 0.3) is 0 Å². The number of nitrogens with two attached hydrogens (primary N) is 1. The summed E-state index contributed by atoms with van der Waals surface area (Å²) in [6.07, 6.45) is 8.26. The fourth-order valence-corrected chi connectivity index (χ4v) is 2.62. The molecule has 0 spiro atoms. The minimum Gasteiger partial charge on any atom is -0.391 e. The van der Waals surface area contributed by atoms with E-state index in [1.807, 2.05) is 11.9 Å². The molecule has 0 radical (unpaired) electrons. The Morgan fingerprint density at radius 1 is 1.29 bits per heavy atom. The van der Waals surface area contributed by atoms with Crippen molar-refractivity contribution < 1.29 is 5.11 Å². The fourth-order valence-electron chi connectivity index (χ4n) is 2.62. The second kappa shape index (κ2) is 5.71. The maximum absolute atomic E-state index is 10.1. The number of aliphatic hydroxyl groups is 1. The maximum Gasteiger partial charge on any atom is 0.191 e. The highest BCUT2D eigenvalue weighted by molar-refractivity contribution is 5.78. The first-order chi connectivity index (χ1) is 8.18. The van der Waals surface area contributed by atoms with E-state index >= 15 is 0 Å². The molecule has 0 aliphatic heterocycles. The first kappa shape index (κ1) is 12.7. The summed E-state index contributed by atoms with van der Waals surface area (Å²) in [5.74, 6) is 1.02. The van der Waals surface area contributed by atoms with Crippen molar-refractivity contribution in [1.82, 2.24) is 4.90 Å². The van der Waals surface area contributed by atoms with Gasteiger partial charge in [-0.2, -0.15) is 0 Å². The van der Waals surface area contributed by atoms with Crippen molar-refractivity contribution in [2.45, 2.75) is 57.1 Å². The molecule has 98 valence electrons. The van der Waals surface area contributed by atoms with Gasteiger partial charge in [-0.3, -0.25) is 4.99 Å². The molecular weight excluding hydrogens is 214 g/mol. The van der Waals surface area contributed by atoms with Crippen LogP contribution in [0, 0.1) is 5.92 Å². The molecule has 0 aromatic rings. The van der Waals surface area contributed by atoms with Crippen LogP contribution in [0.15, 0.2) is 4.99 Å². The van der Waals surface area contributed by atoms with Gasteiger partial charge in [0.1, 0.15) is 0 Å². The van der Waals surface area contributed by atoms with E-state index in [9.17, 15) is 5.11 Å². The van der Waals surface area contributed by atoms with Gasteiger partial charge < -0.3 is 15.7 Å². The highest BCUT2D eigenvalue weighted by Gasteiger charge is 2.27. The van der Waals surface area contributed by atoms with Gasteiger partial charge in [0, 0.05) is 13.1 Å². The molecule has 2 aliphatic carbocycles. The van der Waals surface area contributed by atoms with Gasteiger partial charge in [-0.1, -0.05) is 19.3 Å². The van der Waals surface area contributed by atoms with E-state index in [1.54, 1.807) is 0 Å². The Balaban J connectivity index is 1.76. The van der Waals surface area contributed by atoms with Crippen molar-refractivity contribution in [2.24, 2.45) is 16.6 Å². The molecule has 0 amide bonds. The molecule has 2 fully saturated rings. The second-order valence-electron chi connectivity index (χ2n) is 5.51. The zero-order chi connectivity index (χ0) is 12.3. The van der Waals surface area contributed by atoms with Crippen LogP contribution in [0.2, 0.25) is 0 Å². The molecular formula is C13H25N3O. The Morgan fingerprint density at radius 3 is 2.53 bits per heavy atom. The molecule has 4 nitrogen and oxygen atoms in total. The fraction of sp³-hybridized carbons (Fsp3) is 0.923. The van der Waals surface area contributed by atoms with E-state index in [1.165, 1.54) is 32.1 Å². The van der Waals surface area contributed by atoms with E-state index < -0.39 is 0 Å².